The predicted octanol–water partition coefficient (Wildman–Crippen LogP) is 3.00. The van der Waals surface area contributed by atoms with Gasteiger partial charge in [-0.15, -0.1) is 0 Å². The molecule has 0 aromatic rings. The first kappa shape index (κ1) is 10.2. The van der Waals surface area contributed by atoms with E-state index >= 15 is 0 Å². The van der Waals surface area contributed by atoms with E-state index in [0.717, 1.165) is 6.42 Å². The Kier molecular flexibility index (Phi) is 1.78. The molecular weight excluding hydrogens is 172 g/mol. The summed E-state index contributed by atoms with van der Waals surface area (Å²) in [7, 11) is 0. The number of allylic oxidation sites excluding steroid dienone is 1. The monoisotopic (exact) mass is 194 g/mol. The van der Waals surface area contributed by atoms with Crippen LogP contribution in [0, 0.1) is 22.7 Å². The van der Waals surface area contributed by atoms with E-state index in [-0.39, 0.29) is 10.8 Å². The van der Waals surface area contributed by atoms with E-state index in [0.29, 0.717) is 11.8 Å². The first-order valence-corrected chi connectivity index (χ1v) is 5.67. The molecule has 1 heteroatoms. The van der Waals surface area contributed by atoms with Crippen molar-refractivity contribution in [2.45, 2.75) is 46.6 Å². The van der Waals surface area contributed by atoms with Crippen molar-refractivity contribution in [3.05, 3.63) is 12.2 Å². The minimum Gasteiger partial charge on any atom is -0.389 e. The molecule has 3 atom stereocenters. The van der Waals surface area contributed by atoms with Crippen LogP contribution in [0.1, 0.15) is 41.0 Å². The molecule has 0 aromatic carbocycles. The lowest BCUT2D eigenvalue weighted by molar-refractivity contribution is -0.0921. The first-order chi connectivity index (χ1) is 6.26. The van der Waals surface area contributed by atoms with Crippen LogP contribution in [0.5, 0.6) is 0 Å². The van der Waals surface area contributed by atoms with Crippen molar-refractivity contribution < 1.29 is 5.11 Å². The van der Waals surface area contributed by atoms with E-state index in [2.05, 4.69) is 46.8 Å². The second kappa shape index (κ2) is 2.44. The smallest absolute Gasteiger partial charge is 0.0769 e. The Morgan fingerprint density at radius 2 is 1.86 bits per heavy atom. The van der Waals surface area contributed by atoms with Crippen LogP contribution in [0.4, 0.5) is 0 Å². The molecule has 14 heavy (non-hydrogen) atoms. The summed E-state index contributed by atoms with van der Waals surface area (Å²) in [5.74, 6) is 0.890. The average molecular weight is 194 g/mol. The molecule has 2 aliphatic carbocycles. The summed E-state index contributed by atoms with van der Waals surface area (Å²) in [5.41, 5.74) is -0.333. The summed E-state index contributed by atoms with van der Waals surface area (Å²) < 4.78 is 0. The summed E-state index contributed by atoms with van der Waals surface area (Å²) >= 11 is 0. The Balaban J connectivity index is 2.51. The Morgan fingerprint density at radius 3 is 2.07 bits per heavy atom. The van der Waals surface area contributed by atoms with Crippen molar-refractivity contribution in [1.29, 1.82) is 0 Å². The Labute approximate surface area is 87.2 Å². The molecule has 0 amide bonds. The number of aliphatic hydroxyl groups is 1. The van der Waals surface area contributed by atoms with Gasteiger partial charge in [-0.05, 0) is 23.7 Å². The molecule has 0 spiro atoms. The molecule has 2 aliphatic rings. The van der Waals surface area contributed by atoms with Gasteiger partial charge in [0, 0.05) is 5.41 Å². The predicted molar refractivity (Wildman–Crippen MR) is 58.9 cm³/mol. The maximum atomic E-state index is 10.8. The molecule has 1 fully saturated rings. The van der Waals surface area contributed by atoms with Gasteiger partial charge in [0.2, 0.25) is 0 Å². The lowest BCUT2D eigenvalue weighted by atomic mass is 9.62. The summed E-state index contributed by atoms with van der Waals surface area (Å²) in [5, 5.41) is 10.8. The molecule has 0 unspecified atom stereocenters. The molecule has 1 nitrogen and oxygen atoms in total. The van der Waals surface area contributed by atoms with Gasteiger partial charge in [0.05, 0.1) is 5.60 Å². The molecule has 2 bridgehead atoms. The van der Waals surface area contributed by atoms with Crippen molar-refractivity contribution in [1.82, 2.24) is 0 Å². The minimum absolute atomic E-state index is 0.0428. The number of fused-ring (bicyclic) bond motifs is 2. The standard InChI is InChI=1S/C13H22O/c1-9(2)13(14)8-10-6-7-12(13,5)11(10,3)4/h6-7,9-10,14H,8H2,1-5H3/t10-,12-,13+/m0/s1. The number of hydrogen-bond acceptors (Lipinski definition) is 1. The Morgan fingerprint density at radius 1 is 1.29 bits per heavy atom. The van der Waals surface area contributed by atoms with E-state index in [9.17, 15) is 5.11 Å². The number of rotatable bonds is 1. The topological polar surface area (TPSA) is 20.2 Å². The van der Waals surface area contributed by atoms with Gasteiger partial charge in [0.1, 0.15) is 0 Å². The van der Waals surface area contributed by atoms with Gasteiger partial charge in [-0.1, -0.05) is 46.8 Å². The summed E-state index contributed by atoms with van der Waals surface area (Å²) in [6.07, 6.45) is 5.49. The van der Waals surface area contributed by atoms with Crippen LogP contribution in [0.15, 0.2) is 12.2 Å². The maximum absolute atomic E-state index is 10.8. The highest BCUT2D eigenvalue weighted by atomic mass is 16.3. The van der Waals surface area contributed by atoms with Gasteiger partial charge in [-0.2, -0.15) is 0 Å². The molecule has 1 N–H and O–H groups in total. The van der Waals surface area contributed by atoms with Crippen LogP contribution >= 0.6 is 0 Å². The highest BCUT2D eigenvalue weighted by Gasteiger charge is 2.66. The zero-order valence-electron chi connectivity index (χ0n) is 9.96. The SMILES string of the molecule is CC(C)[C@]1(O)C[C@@H]2C=C[C@@]1(C)C2(C)C. The van der Waals surface area contributed by atoms with Gasteiger partial charge < -0.3 is 5.11 Å². The van der Waals surface area contributed by atoms with Gasteiger partial charge in [-0.25, -0.2) is 0 Å². The fourth-order valence-corrected chi connectivity index (χ4v) is 3.56. The minimum atomic E-state index is -0.504. The van der Waals surface area contributed by atoms with Gasteiger partial charge in [0.15, 0.2) is 0 Å². The summed E-state index contributed by atoms with van der Waals surface area (Å²) in [6, 6.07) is 0. The summed E-state index contributed by atoms with van der Waals surface area (Å²) in [4.78, 5) is 0. The van der Waals surface area contributed by atoms with E-state index in [1.165, 1.54) is 0 Å². The molecule has 0 radical (unpaired) electrons. The van der Waals surface area contributed by atoms with Crippen molar-refractivity contribution in [2.24, 2.45) is 22.7 Å². The summed E-state index contributed by atoms with van der Waals surface area (Å²) in [6.45, 7) is 11.1. The third-order valence-electron chi connectivity index (χ3n) is 5.31. The van der Waals surface area contributed by atoms with Gasteiger partial charge in [0.25, 0.3) is 0 Å². The third kappa shape index (κ3) is 0.809. The fraction of sp³-hybridized carbons (Fsp3) is 0.846. The molecular formula is C13H22O. The van der Waals surface area contributed by atoms with Gasteiger partial charge in [-0.3, -0.25) is 0 Å². The molecule has 2 rings (SSSR count). The average Bonchev–Trinajstić information content (AvgIpc) is 2.36. The zero-order valence-corrected chi connectivity index (χ0v) is 9.96. The highest BCUT2D eigenvalue weighted by molar-refractivity contribution is 5.30. The van der Waals surface area contributed by atoms with Crippen LogP contribution in [-0.2, 0) is 0 Å². The normalized spacial score (nSPS) is 49.2. The molecule has 80 valence electrons. The lowest BCUT2D eigenvalue weighted by Crippen LogP contribution is -2.49. The van der Waals surface area contributed by atoms with Crippen LogP contribution in [0.2, 0.25) is 0 Å². The fourth-order valence-electron chi connectivity index (χ4n) is 3.56. The van der Waals surface area contributed by atoms with Gasteiger partial charge >= 0.3 is 0 Å². The van der Waals surface area contributed by atoms with Crippen LogP contribution in [0.3, 0.4) is 0 Å². The van der Waals surface area contributed by atoms with Crippen molar-refractivity contribution in [2.75, 3.05) is 0 Å². The third-order valence-corrected chi connectivity index (χ3v) is 5.31. The van der Waals surface area contributed by atoms with E-state index < -0.39 is 5.60 Å². The van der Waals surface area contributed by atoms with Crippen molar-refractivity contribution >= 4 is 0 Å². The van der Waals surface area contributed by atoms with E-state index in [1.807, 2.05) is 0 Å². The molecule has 1 saturated carbocycles. The van der Waals surface area contributed by atoms with Crippen molar-refractivity contribution in [3.63, 3.8) is 0 Å². The maximum Gasteiger partial charge on any atom is 0.0769 e. The largest absolute Gasteiger partial charge is 0.389 e. The van der Waals surface area contributed by atoms with E-state index in [1.54, 1.807) is 0 Å². The second-order valence-corrected chi connectivity index (χ2v) is 6.17. The molecule has 0 aromatic heterocycles. The Bertz CT molecular complexity index is 290. The number of hydrogen-bond donors (Lipinski definition) is 1. The quantitative estimate of drug-likeness (QED) is 0.636. The molecule has 0 heterocycles. The first-order valence-electron chi connectivity index (χ1n) is 5.67. The lowest BCUT2D eigenvalue weighted by Gasteiger charge is -2.46. The van der Waals surface area contributed by atoms with Crippen LogP contribution in [-0.4, -0.2) is 10.7 Å². The molecule has 0 saturated heterocycles. The van der Waals surface area contributed by atoms with Crippen LogP contribution < -0.4 is 0 Å². The molecule has 0 aliphatic heterocycles. The second-order valence-electron chi connectivity index (χ2n) is 6.17. The zero-order chi connectivity index (χ0) is 10.8. The van der Waals surface area contributed by atoms with E-state index in [4.69, 9.17) is 0 Å². The Hall–Kier alpha value is -0.300. The van der Waals surface area contributed by atoms with Crippen molar-refractivity contribution in [3.8, 4) is 0 Å². The highest BCUT2D eigenvalue weighted by Crippen LogP contribution is 2.67. The van der Waals surface area contributed by atoms with Crippen LogP contribution in [0.25, 0.3) is 0 Å².